The molecule has 0 aliphatic heterocycles. The molecule has 0 atom stereocenters. The standard InChI is InChI=1S/C32H25ClN4O2.B103/c1-36(31(38)24-13-9-22(10-14-24)29-7-3-5-17-34-29)27-19-26(33)20-28(21-27)37(2)32(39)25-15-11-23(12-16-25)30-8-4-6-18-35-30;1-53-79(52)92(78(50)51)99(93(80(54(2)3)55(4)5)81(56(6)7)57(8)9)102(98(90(74(42)43)75(44)45)91(76(46)47)77(48)49)103(100(94(82(58(10)11)59(12)13)83(60(14)15)61(16)17)95(84(62(18)19)63(20)21)85(64(22)23)65(24)25)101(96(86(66(26)27)67(28)29)87(68(30)31)69(32)33)97(88(70(34)35)71(36)37)89(72(38)39)73(40)41/h3-21H,1-2H3;. The molecule has 0 unspecified atom stereocenters. The maximum Gasteiger partial charge on any atom is 0.258 e. The second kappa shape index (κ2) is 63.5. The van der Waals surface area contributed by atoms with Crippen LogP contribution in [0.4, 0.5) is 11.4 Å². The SMILES string of the molecule is CN(C(=O)c1ccc(-c2ccccn2)cc1)c1cc(Cl)cc(N(C)C(=O)c2ccc(-c3ccccn3)cc2)c1.[B][B]B([B])B(B([B])[B])B(B(B(B([B])[B])B([B])[B])B(B([B])[B])B([B])[B])B(B(B(B([B])[B])B([B])[B])B(B([B])[B])B([B])[B])B(B(B(B(B([B])[B])B([B])[B])B(B([B])[B])B([B])[B])B(B(B([B])[B])B([B])[B])B(B([B])[B])B([B])[B])B(B(B(B([B])[B])B([B])[B])B(B([B])[B])B([B])[B])B(B(B([B])[B])B([B])[B])B(B([B])[B])B([B])[B]. The second-order valence-electron chi connectivity index (χ2n) is 38.0. The van der Waals surface area contributed by atoms with Crippen molar-refractivity contribution in [3.05, 3.63) is 132 Å². The number of anilines is 2. The van der Waals surface area contributed by atoms with Crippen LogP contribution in [0.15, 0.2) is 116 Å². The molecule has 0 spiro atoms. The van der Waals surface area contributed by atoms with Crippen molar-refractivity contribution in [2.24, 2.45) is 0 Å². The average Bonchev–Trinajstić information content (AvgIpc) is 0.703. The molecule has 501 valence electrons. The summed E-state index contributed by atoms with van der Waals surface area (Å²) in [4.78, 5) is 38.3. The van der Waals surface area contributed by atoms with Crippen molar-refractivity contribution in [2.75, 3.05) is 23.9 Å². The van der Waals surface area contributed by atoms with E-state index in [1.165, 1.54) is 9.80 Å². The van der Waals surface area contributed by atoms with Crippen molar-refractivity contribution in [1.29, 1.82) is 0 Å². The van der Waals surface area contributed by atoms with Gasteiger partial charge in [-0.15, -0.1) is 0 Å². The molecule has 105 radical (unpaired) electrons. The molecule has 0 N–H and O–H groups in total. The van der Waals surface area contributed by atoms with Crippen LogP contribution in [0.25, 0.3) is 22.5 Å². The van der Waals surface area contributed by atoms with E-state index in [1.54, 1.807) is 69.0 Å². The first kappa shape index (κ1) is 136. The first-order valence-corrected chi connectivity index (χ1v) is 46.7. The Labute approximate surface area is 951 Å². The maximum atomic E-state index is 13.3. The van der Waals surface area contributed by atoms with E-state index in [0.717, 1.165) is 29.6 Å². The van der Waals surface area contributed by atoms with Crippen LogP contribution < -0.4 is 9.80 Å². The number of halogens is 1. The Morgan fingerprint density at radius 3 is 0.521 bits per heavy atom. The number of rotatable bonds is 56. The molecular weight excluding hydrogens is 1620 g/mol. The van der Waals surface area contributed by atoms with Crippen LogP contribution in [0.5, 0.6) is 0 Å². The molecule has 0 aliphatic rings. The predicted molar refractivity (Wildman–Crippen MR) is 749 cm³/mol. The summed E-state index contributed by atoms with van der Waals surface area (Å²) in [6, 6.07) is 31.2. The number of carbonyl (C=O) groups excluding carboxylic acids is 2. The molecule has 2 amide bonds. The minimum Gasteiger partial charge on any atom is -0.311 e. The van der Waals surface area contributed by atoms with Gasteiger partial charge in [-0.3, -0.25) is 19.6 Å². The Morgan fingerprint density at radius 1 is 0.225 bits per heavy atom. The van der Waals surface area contributed by atoms with Gasteiger partial charge in [-0.1, -0.05) is 48.0 Å². The number of aromatic nitrogens is 2. The first-order valence-electron chi connectivity index (χ1n) is 46.3. The molecule has 6 nitrogen and oxygen atoms in total. The number of amides is 2. The highest BCUT2D eigenvalue weighted by molar-refractivity contribution is 8.44. The third kappa shape index (κ3) is 35.9. The van der Waals surface area contributed by atoms with Crippen molar-refractivity contribution in [1.82, 2.24) is 9.97 Å². The molecule has 2 aromatic heterocycles. The smallest absolute Gasteiger partial charge is 0.258 e. The van der Waals surface area contributed by atoms with Gasteiger partial charge in [-0.05, 0) is 66.7 Å². The molecule has 5 aromatic rings. The fourth-order valence-corrected chi connectivity index (χ4v) is 23.0. The van der Waals surface area contributed by atoms with Gasteiger partial charge in [-0.25, -0.2) is 0 Å². The number of pyridine rings is 2. The highest BCUT2D eigenvalue weighted by Gasteiger charge is 2.69. The zero-order valence-corrected chi connectivity index (χ0v) is 81.7. The van der Waals surface area contributed by atoms with Gasteiger partial charge in [0.1, 0.15) is 0 Å². The van der Waals surface area contributed by atoms with Crippen LogP contribution >= 0.6 is 11.6 Å². The molecule has 3 aromatic carbocycles. The van der Waals surface area contributed by atoms with Crippen molar-refractivity contribution in [2.45, 2.75) is 0 Å². The maximum absolute atomic E-state index is 13.3. The Balaban J connectivity index is 0.000000880. The van der Waals surface area contributed by atoms with Crippen LogP contribution in [-0.4, -0.2) is 765 Å². The summed E-state index contributed by atoms with van der Waals surface area (Å²) >= 11 is 6.43. The van der Waals surface area contributed by atoms with Gasteiger partial charge in [-0.2, -0.15) is 0 Å². The normalized spacial score (nSPS) is 10.0. The lowest BCUT2D eigenvalue weighted by Crippen LogP contribution is -3.01. The first-order chi connectivity index (χ1) is 65.8. The van der Waals surface area contributed by atoms with E-state index in [9.17, 15) is 9.59 Å². The summed E-state index contributed by atoms with van der Waals surface area (Å²) < 4.78 is 0. The van der Waals surface area contributed by atoms with Crippen LogP contribution in [0.2, 0.25) is 5.02 Å². The van der Waals surface area contributed by atoms with E-state index in [1.807, 2.05) is 60.7 Å². The molecule has 0 saturated carbocycles. The molecule has 0 fully saturated rings. The van der Waals surface area contributed by atoms with E-state index in [0.29, 0.717) is 27.5 Å². The van der Waals surface area contributed by atoms with Gasteiger partial charge in [0.2, 0.25) is 0 Å². The summed E-state index contributed by atoms with van der Waals surface area (Å²) in [6.45, 7) is 0. The van der Waals surface area contributed by atoms with E-state index >= 15 is 0 Å². The van der Waals surface area contributed by atoms with E-state index in [-0.39, 0.29) is 11.8 Å². The van der Waals surface area contributed by atoms with E-state index in [2.05, 4.69) is 9.97 Å². The van der Waals surface area contributed by atoms with Gasteiger partial charge in [0, 0.05) is 794 Å². The quantitative estimate of drug-likeness (QED) is 0.0364. The molecule has 142 heavy (non-hydrogen) atoms. The summed E-state index contributed by atoms with van der Waals surface area (Å²) in [5.41, 5.74) is 5.71. The minimum absolute atomic E-state index is 0.199. The zero-order chi connectivity index (χ0) is 109. The number of hydrogen-bond acceptors (Lipinski definition) is 4. The molecule has 0 bridgehead atoms. The van der Waals surface area contributed by atoms with Crippen LogP contribution in [0, 0.1) is 0 Å². The molecule has 110 heteroatoms. The van der Waals surface area contributed by atoms with Crippen molar-refractivity contribution in [3.63, 3.8) is 0 Å². The summed E-state index contributed by atoms with van der Waals surface area (Å²) in [5, 5.41) is 0.415. The molecule has 0 saturated heterocycles. The molecule has 5 rings (SSSR count). The van der Waals surface area contributed by atoms with Crippen molar-refractivity contribution >= 4 is 763 Å². The lowest BCUT2D eigenvalue weighted by atomic mass is 8.18. The highest BCUT2D eigenvalue weighted by atomic mass is 35.5. The van der Waals surface area contributed by atoms with Crippen molar-refractivity contribution in [3.8, 4) is 22.5 Å². The number of benzene rings is 3. The monoisotopic (exact) mass is 1670 g/mol. The summed E-state index contributed by atoms with van der Waals surface area (Å²) in [6.07, 6.45) is -92.6. The van der Waals surface area contributed by atoms with Gasteiger partial charge < -0.3 is 9.80 Å². The fraction of sp³-hybridized carbons (Fsp3) is 0.0625. The Hall–Kier alpha value is 1.88. The van der Waals surface area contributed by atoms with E-state index in [4.69, 9.17) is 414 Å². The Kier molecular flexibility index (Phi) is 60.8. The largest absolute Gasteiger partial charge is 0.311 e. The molecule has 0 aliphatic carbocycles. The third-order valence-corrected chi connectivity index (χ3v) is 28.7. The van der Waals surface area contributed by atoms with Crippen LogP contribution in [0.1, 0.15) is 20.7 Å². The number of hydrogen-bond donors (Lipinski definition) is 0. The van der Waals surface area contributed by atoms with Gasteiger partial charge in [0.15, 0.2) is 0 Å². The van der Waals surface area contributed by atoms with Crippen molar-refractivity contribution < 1.29 is 9.59 Å². The lowest BCUT2D eigenvalue weighted by molar-refractivity contribution is 0.0986. The minimum atomic E-state index is -2.36. The summed E-state index contributed by atoms with van der Waals surface area (Å²) in [5.74, 6) is -0.398. The van der Waals surface area contributed by atoms with E-state index < -0.39 is 319 Å². The third-order valence-electron chi connectivity index (χ3n) is 28.4. The van der Waals surface area contributed by atoms with Crippen LogP contribution in [-0.2, 0) is 0 Å². The predicted octanol–water partition coefficient (Wildman–Crippen LogP) is -32.2. The molecule has 2 heterocycles. The zero-order valence-electron chi connectivity index (χ0n) is 80.9. The second-order valence-corrected chi connectivity index (χ2v) is 38.5. The molecular formula is C32H25B103ClN4O2. The Bertz CT molecular complexity index is 3890. The van der Waals surface area contributed by atoms with Gasteiger partial charge in [0.25, 0.3) is 11.8 Å². The highest BCUT2D eigenvalue weighted by Crippen LogP contribution is 2.34. The van der Waals surface area contributed by atoms with Gasteiger partial charge >= 0.3 is 0 Å². The van der Waals surface area contributed by atoms with Crippen LogP contribution in [0.3, 0.4) is 0 Å². The van der Waals surface area contributed by atoms with Gasteiger partial charge in [0.05, 0.1) is 11.4 Å². The number of nitrogens with zero attached hydrogens (tertiary/aromatic N) is 4. The average molecular weight is 1650 g/mol. The summed E-state index contributed by atoms with van der Waals surface area (Å²) in [7, 11) is 376. The fourth-order valence-electron chi connectivity index (χ4n) is 22.8. The number of carbonyl (C=O) groups is 2. The topological polar surface area (TPSA) is 66.4 Å². The lowest BCUT2D eigenvalue weighted by Gasteiger charge is -2.63. The Morgan fingerprint density at radius 2 is 0.380 bits per heavy atom.